The van der Waals surface area contributed by atoms with Crippen LogP contribution in [0.4, 0.5) is 5.69 Å². The first-order chi connectivity index (χ1) is 12.0. The monoisotopic (exact) mass is 375 g/mol. The number of benzene rings is 2. The molecule has 0 aliphatic rings. The Balaban J connectivity index is 1.67. The summed E-state index contributed by atoms with van der Waals surface area (Å²) in [5, 5.41) is 15.7. The number of carbonyl (C=O) groups excluding carboxylic acids is 1. The maximum absolute atomic E-state index is 12.1. The second-order valence-corrected chi connectivity index (χ2v) is 6.21. The van der Waals surface area contributed by atoms with E-state index in [9.17, 15) is 4.79 Å². The summed E-state index contributed by atoms with van der Waals surface area (Å²) >= 11 is 11.9. The zero-order valence-corrected chi connectivity index (χ0v) is 14.9. The van der Waals surface area contributed by atoms with Crippen molar-refractivity contribution in [3.63, 3.8) is 0 Å². The van der Waals surface area contributed by atoms with E-state index in [1.54, 1.807) is 18.2 Å². The van der Waals surface area contributed by atoms with E-state index in [0.717, 1.165) is 12.0 Å². The summed E-state index contributed by atoms with van der Waals surface area (Å²) < 4.78 is 0. The van der Waals surface area contributed by atoms with Crippen LogP contribution in [0.5, 0.6) is 0 Å². The number of nitrogens with one attached hydrogen (secondary N) is 1. The van der Waals surface area contributed by atoms with Gasteiger partial charge in [-0.15, -0.1) is 10.2 Å². The van der Waals surface area contributed by atoms with Gasteiger partial charge in [-0.3, -0.25) is 4.79 Å². The summed E-state index contributed by atoms with van der Waals surface area (Å²) in [5.74, 6) is 0.162. The summed E-state index contributed by atoms with van der Waals surface area (Å²) in [5.41, 5.74) is 2.56. The van der Waals surface area contributed by atoms with Gasteiger partial charge in [0.2, 0.25) is 11.7 Å². The second-order valence-electron chi connectivity index (χ2n) is 5.37. The van der Waals surface area contributed by atoms with Crippen LogP contribution in [-0.2, 0) is 17.8 Å². The molecule has 0 saturated heterocycles. The van der Waals surface area contributed by atoms with E-state index in [4.69, 9.17) is 23.2 Å². The predicted molar refractivity (Wildman–Crippen MR) is 97.7 cm³/mol. The summed E-state index contributed by atoms with van der Waals surface area (Å²) in [6.07, 6.45) is 0.966. The predicted octanol–water partition coefficient (Wildman–Crippen LogP) is 3.85. The van der Waals surface area contributed by atoms with Crippen molar-refractivity contribution in [2.24, 2.45) is 0 Å². The molecule has 128 valence electrons. The Morgan fingerprint density at radius 1 is 1.16 bits per heavy atom. The molecule has 25 heavy (non-hydrogen) atoms. The van der Waals surface area contributed by atoms with Crippen molar-refractivity contribution in [1.82, 2.24) is 20.2 Å². The molecule has 0 unspecified atom stereocenters. The van der Waals surface area contributed by atoms with E-state index >= 15 is 0 Å². The molecule has 1 amide bonds. The van der Waals surface area contributed by atoms with Gasteiger partial charge < -0.3 is 5.32 Å². The second kappa shape index (κ2) is 7.63. The molecule has 0 radical (unpaired) electrons. The molecule has 0 aliphatic heterocycles. The van der Waals surface area contributed by atoms with Gasteiger partial charge in [0, 0.05) is 10.6 Å². The molecule has 1 heterocycles. The number of hydrogen-bond donors (Lipinski definition) is 1. The number of halogens is 2. The molecule has 0 fully saturated rings. The highest BCUT2D eigenvalue weighted by Gasteiger charge is 2.11. The van der Waals surface area contributed by atoms with Crippen molar-refractivity contribution in [2.45, 2.75) is 19.9 Å². The van der Waals surface area contributed by atoms with Crippen LogP contribution in [-0.4, -0.2) is 26.1 Å². The van der Waals surface area contributed by atoms with Crippen LogP contribution in [0.25, 0.3) is 11.4 Å². The molecule has 1 aromatic heterocycles. The van der Waals surface area contributed by atoms with E-state index in [2.05, 4.69) is 27.7 Å². The highest BCUT2D eigenvalue weighted by molar-refractivity contribution is 6.36. The first kappa shape index (κ1) is 17.4. The number of aryl methyl sites for hydroxylation is 1. The van der Waals surface area contributed by atoms with Crippen LogP contribution >= 0.6 is 23.2 Å². The number of carbonyl (C=O) groups is 1. The fourth-order valence-corrected chi connectivity index (χ4v) is 2.68. The molecule has 0 bridgehead atoms. The normalized spacial score (nSPS) is 10.7. The SMILES string of the molecule is CCc1ccc(-c2nnn(CC(=O)Nc3ccc(Cl)cc3Cl)n2)cc1. The molecule has 1 N–H and O–H groups in total. The molecule has 0 atom stereocenters. The smallest absolute Gasteiger partial charge is 0.248 e. The Morgan fingerprint density at radius 3 is 2.60 bits per heavy atom. The number of amides is 1. The number of nitrogens with zero attached hydrogens (tertiary/aromatic N) is 4. The van der Waals surface area contributed by atoms with E-state index in [0.29, 0.717) is 21.6 Å². The Bertz CT molecular complexity index is 892. The lowest BCUT2D eigenvalue weighted by Gasteiger charge is -2.06. The van der Waals surface area contributed by atoms with Crippen LogP contribution < -0.4 is 5.32 Å². The van der Waals surface area contributed by atoms with E-state index in [-0.39, 0.29) is 12.5 Å². The summed E-state index contributed by atoms with van der Waals surface area (Å²) in [6.45, 7) is 2.02. The zero-order chi connectivity index (χ0) is 17.8. The Labute approximate surface area is 154 Å². The van der Waals surface area contributed by atoms with Crippen molar-refractivity contribution >= 4 is 34.8 Å². The average molecular weight is 376 g/mol. The van der Waals surface area contributed by atoms with Gasteiger partial charge in [0.25, 0.3) is 0 Å². The lowest BCUT2D eigenvalue weighted by molar-refractivity contribution is -0.117. The van der Waals surface area contributed by atoms with Gasteiger partial charge in [-0.25, -0.2) is 0 Å². The zero-order valence-electron chi connectivity index (χ0n) is 13.4. The lowest BCUT2D eigenvalue weighted by atomic mass is 10.1. The van der Waals surface area contributed by atoms with Crippen LogP contribution in [0.15, 0.2) is 42.5 Å². The maximum Gasteiger partial charge on any atom is 0.248 e. The third kappa shape index (κ3) is 4.35. The van der Waals surface area contributed by atoms with Crippen molar-refractivity contribution in [2.75, 3.05) is 5.32 Å². The number of hydrogen-bond acceptors (Lipinski definition) is 4. The van der Waals surface area contributed by atoms with E-state index < -0.39 is 0 Å². The van der Waals surface area contributed by atoms with Gasteiger partial charge in [0.15, 0.2) is 0 Å². The van der Waals surface area contributed by atoms with Crippen molar-refractivity contribution in [1.29, 1.82) is 0 Å². The minimum absolute atomic E-state index is 0.0704. The third-order valence-electron chi connectivity index (χ3n) is 3.56. The highest BCUT2D eigenvalue weighted by atomic mass is 35.5. The molecule has 0 spiro atoms. The summed E-state index contributed by atoms with van der Waals surface area (Å²) in [4.78, 5) is 13.4. The molecule has 8 heteroatoms. The molecule has 0 saturated carbocycles. The standard InChI is InChI=1S/C17H15Cl2N5O/c1-2-11-3-5-12(6-4-11)17-21-23-24(22-17)10-16(25)20-15-8-7-13(18)9-14(15)19/h3-9H,2,10H2,1H3,(H,20,25). The largest absolute Gasteiger partial charge is 0.323 e. The van der Waals surface area contributed by atoms with E-state index in [1.807, 2.05) is 24.3 Å². The van der Waals surface area contributed by atoms with Gasteiger partial charge in [-0.05, 0) is 35.4 Å². The maximum atomic E-state index is 12.1. The van der Waals surface area contributed by atoms with E-state index in [1.165, 1.54) is 10.4 Å². The lowest BCUT2D eigenvalue weighted by Crippen LogP contribution is -2.20. The molecular formula is C17H15Cl2N5O. The fourth-order valence-electron chi connectivity index (χ4n) is 2.22. The summed E-state index contributed by atoms with van der Waals surface area (Å²) in [7, 11) is 0. The molecule has 3 aromatic rings. The van der Waals surface area contributed by atoms with Crippen LogP contribution in [0.1, 0.15) is 12.5 Å². The van der Waals surface area contributed by atoms with Crippen LogP contribution in [0, 0.1) is 0 Å². The average Bonchev–Trinajstić information content (AvgIpc) is 3.06. The summed E-state index contributed by atoms with van der Waals surface area (Å²) in [6, 6.07) is 12.8. The number of aromatic nitrogens is 4. The molecular weight excluding hydrogens is 361 g/mol. The third-order valence-corrected chi connectivity index (χ3v) is 4.11. The quantitative estimate of drug-likeness (QED) is 0.734. The van der Waals surface area contributed by atoms with Gasteiger partial charge in [0.1, 0.15) is 6.54 Å². The van der Waals surface area contributed by atoms with Crippen molar-refractivity contribution in [3.8, 4) is 11.4 Å². The Morgan fingerprint density at radius 2 is 1.92 bits per heavy atom. The van der Waals surface area contributed by atoms with Gasteiger partial charge in [-0.1, -0.05) is 54.4 Å². The van der Waals surface area contributed by atoms with Gasteiger partial charge >= 0.3 is 0 Å². The molecule has 2 aromatic carbocycles. The van der Waals surface area contributed by atoms with Crippen molar-refractivity contribution in [3.05, 3.63) is 58.1 Å². The molecule has 3 rings (SSSR count). The topological polar surface area (TPSA) is 72.7 Å². The Hall–Kier alpha value is -2.44. The first-order valence-corrected chi connectivity index (χ1v) is 8.43. The van der Waals surface area contributed by atoms with Gasteiger partial charge in [-0.2, -0.15) is 4.80 Å². The van der Waals surface area contributed by atoms with Crippen LogP contribution in [0.3, 0.4) is 0 Å². The highest BCUT2D eigenvalue weighted by Crippen LogP contribution is 2.25. The minimum Gasteiger partial charge on any atom is -0.323 e. The van der Waals surface area contributed by atoms with Crippen molar-refractivity contribution < 1.29 is 4.79 Å². The fraction of sp³-hybridized carbons (Fsp3) is 0.176. The number of anilines is 1. The van der Waals surface area contributed by atoms with Gasteiger partial charge in [0.05, 0.1) is 10.7 Å². The molecule has 0 aliphatic carbocycles. The number of tetrazole rings is 1. The Kier molecular flexibility index (Phi) is 5.31. The minimum atomic E-state index is -0.311. The molecule has 6 nitrogen and oxygen atoms in total. The number of rotatable bonds is 5. The van der Waals surface area contributed by atoms with Crippen LogP contribution in [0.2, 0.25) is 10.0 Å². The first-order valence-electron chi connectivity index (χ1n) is 7.67.